The molecule has 0 saturated carbocycles. The monoisotopic (exact) mass is 368 g/mol. The molecule has 0 bridgehead atoms. The first-order valence-corrected chi connectivity index (χ1v) is 9.43. The summed E-state index contributed by atoms with van der Waals surface area (Å²) in [5.74, 6) is -1.84. The molecule has 0 aliphatic heterocycles. The van der Waals surface area contributed by atoms with Crippen molar-refractivity contribution in [3.63, 3.8) is 0 Å². The molecule has 1 aromatic carbocycles. The summed E-state index contributed by atoms with van der Waals surface area (Å²) in [6.07, 6.45) is 10.9. The zero-order valence-corrected chi connectivity index (χ0v) is 15.9. The predicted molar refractivity (Wildman–Crippen MR) is 106 cm³/mol. The lowest BCUT2D eigenvalue weighted by Gasteiger charge is -2.19. The first-order chi connectivity index (χ1) is 13.1. The van der Waals surface area contributed by atoms with Crippen LogP contribution in [-0.2, 0) is 25.7 Å². The number of benzene rings is 1. The number of rotatable bonds is 10. The second kappa shape index (κ2) is 11.2. The molecule has 2 unspecified atom stereocenters. The van der Waals surface area contributed by atoms with Crippen LogP contribution in [0.5, 0.6) is 0 Å². The standard InChI is InChI=1S/C23H28O4/c1-3-10-18(2)15-21(22(24)26-16-19-11-6-4-7-12-19)23(25)27-17-20-13-8-5-9-14-20/h3-4,6-8,11-14,18,21H,1,5,9-10,15-17H2,2H3. The van der Waals surface area contributed by atoms with Crippen LogP contribution in [-0.4, -0.2) is 18.5 Å². The second-order valence-corrected chi connectivity index (χ2v) is 6.88. The van der Waals surface area contributed by atoms with E-state index < -0.39 is 17.9 Å². The zero-order chi connectivity index (χ0) is 19.5. The summed E-state index contributed by atoms with van der Waals surface area (Å²) in [7, 11) is 0. The Morgan fingerprint density at radius 1 is 1.11 bits per heavy atom. The van der Waals surface area contributed by atoms with Crippen molar-refractivity contribution in [1.82, 2.24) is 0 Å². The van der Waals surface area contributed by atoms with Crippen LogP contribution in [0.1, 0.15) is 38.2 Å². The predicted octanol–water partition coefficient (Wildman–Crippen LogP) is 4.77. The molecular formula is C23H28O4. The molecule has 144 valence electrons. The highest BCUT2D eigenvalue weighted by Crippen LogP contribution is 2.20. The van der Waals surface area contributed by atoms with Crippen LogP contribution < -0.4 is 0 Å². The van der Waals surface area contributed by atoms with Gasteiger partial charge in [-0.3, -0.25) is 9.59 Å². The summed E-state index contributed by atoms with van der Waals surface area (Å²) >= 11 is 0. The molecule has 1 aliphatic rings. The Kier molecular flexibility index (Phi) is 8.56. The fourth-order valence-corrected chi connectivity index (χ4v) is 2.93. The summed E-state index contributed by atoms with van der Waals surface area (Å²) in [5.41, 5.74) is 1.85. The largest absolute Gasteiger partial charge is 0.460 e. The summed E-state index contributed by atoms with van der Waals surface area (Å²) in [6, 6.07) is 9.42. The number of hydrogen-bond acceptors (Lipinski definition) is 4. The van der Waals surface area contributed by atoms with Gasteiger partial charge in [0.2, 0.25) is 0 Å². The lowest BCUT2D eigenvalue weighted by molar-refractivity contribution is -0.163. The summed E-state index contributed by atoms with van der Waals surface area (Å²) in [4.78, 5) is 25.1. The van der Waals surface area contributed by atoms with Gasteiger partial charge < -0.3 is 9.47 Å². The molecule has 0 amide bonds. The van der Waals surface area contributed by atoms with Gasteiger partial charge in [0, 0.05) is 0 Å². The minimum absolute atomic E-state index is 0.137. The van der Waals surface area contributed by atoms with Crippen LogP contribution in [0.4, 0.5) is 0 Å². The minimum Gasteiger partial charge on any atom is -0.460 e. The number of allylic oxidation sites excluding steroid dienone is 3. The van der Waals surface area contributed by atoms with Gasteiger partial charge >= 0.3 is 11.9 Å². The van der Waals surface area contributed by atoms with Gasteiger partial charge in [0.25, 0.3) is 0 Å². The molecule has 0 radical (unpaired) electrons. The van der Waals surface area contributed by atoms with Crippen LogP contribution in [0.15, 0.2) is 66.8 Å². The van der Waals surface area contributed by atoms with E-state index in [4.69, 9.17) is 9.47 Å². The Hall–Kier alpha value is -2.62. The number of esters is 2. The van der Waals surface area contributed by atoms with E-state index in [9.17, 15) is 9.59 Å². The van der Waals surface area contributed by atoms with Crippen molar-refractivity contribution in [2.75, 3.05) is 6.61 Å². The first kappa shape index (κ1) is 20.7. The molecule has 0 N–H and O–H groups in total. The third-order valence-corrected chi connectivity index (χ3v) is 4.45. The van der Waals surface area contributed by atoms with Gasteiger partial charge in [0.05, 0.1) is 0 Å². The Labute approximate surface area is 161 Å². The molecule has 0 heterocycles. The van der Waals surface area contributed by atoms with Gasteiger partial charge in [0.15, 0.2) is 5.92 Å². The Balaban J connectivity index is 1.96. The maximum atomic E-state index is 12.6. The van der Waals surface area contributed by atoms with Crippen LogP contribution >= 0.6 is 0 Å². The molecule has 27 heavy (non-hydrogen) atoms. The zero-order valence-electron chi connectivity index (χ0n) is 15.9. The van der Waals surface area contributed by atoms with Crippen molar-refractivity contribution in [3.8, 4) is 0 Å². The summed E-state index contributed by atoms with van der Waals surface area (Å²) < 4.78 is 10.8. The van der Waals surface area contributed by atoms with E-state index >= 15 is 0 Å². The second-order valence-electron chi connectivity index (χ2n) is 6.88. The maximum absolute atomic E-state index is 12.6. The summed E-state index contributed by atoms with van der Waals surface area (Å²) in [5, 5.41) is 0. The quantitative estimate of drug-likeness (QED) is 0.339. The van der Waals surface area contributed by atoms with Crippen molar-refractivity contribution >= 4 is 11.9 Å². The number of carbonyl (C=O) groups excluding carboxylic acids is 2. The van der Waals surface area contributed by atoms with Crippen molar-refractivity contribution in [2.24, 2.45) is 11.8 Å². The molecular weight excluding hydrogens is 340 g/mol. The smallest absolute Gasteiger partial charge is 0.320 e. The molecule has 0 spiro atoms. The highest BCUT2D eigenvalue weighted by Gasteiger charge is 2.31. The van der Waals surface area contributed by atoms with E-state index in [2.05, 4.69) is 18.7 Å². The van der Waals surface area contributed by atoms with Crippen LogP contribution in [0.2, 0.25) is 0 Å². The van der Waals surface area contributed by atoms with Gasteiger partial charge in [-0.1, -0.05) is 61.6 Å². The van der Waals surface area contributed by atoms with Crippen molar-refractivity contribution in [3.05, 3.63) is 72.4 Å². The van der Waals surface area contributed by atoms with E-state index in [0.717, 1.165) is 30.4 Å². The number of carbonyl (C=O) groups is 2. The van der Waals surface area contributed by atoms with E-state index in [1.807, 2.05) is 43.3 Å². The minimum atomic E-state index is -0.920. The Bertz CT molecular complexity index is 688. The molecule has 4 nitrogen and oxygen atoms in total. The van der Waals surface area contributed by atoms with Crippen molar-refractivity contribution in [1.29, 1.82) is 0 Å². The topological polar surface area (TPSA) is 52.6 Å². The molecule has 1 aromatic rings. The molecule has 2 atom stereocenters. The van der Waals surface area contributed by atoms with Crippen LogP contribution in [0.25, 0.3) is 0 Å². The highest BCUT2D eigenvalue weighted by molar-refractivity contribution is 5.95. The SMILES string of the molecule is C=CCC(C)CC(C(=O)OCC1=CCCC=C1)C(=O)OCc1ccccc1. The lowest BCUT2D eigenvalue weighted by atomic mass is 9.93. The van der Waals surface area contributed by atoms with E-state index in [-0.39, 0.29) is 19.1 Å². The molecule has 1 aliphatic carbocycles. The lowest BCUT2D eigenvalue weighted by Crippen LogP contribution is -2.30. The third kappa shape index (κ3) is 7.26. The van der Waals surface area contributed by atoms with Gasteiger partial charge in [-0.2, -0.15) is 0 Å². The van der Waals surface area contributed by atoms with E-state index in [1.165, 1.54) is 0 Å². The average Bonchev–Trinajstić information content (AvgIpc) is 2.70. The van der Waals surface area contributed by atoms with Gasteiger partial charge in [0.1, 0.15) is 13.2 Å². The van der Waals surface area contributed by atoms with Crippen LogP contribution in [0.3, 0.4) is 0 Å². The van der Waals surface area contributed by atoms with Gasteiger partial charge in [-0.15, -0.1) is 6.58 Å². The molecule has 0 aromatic heterocycles. The van der Waals surface area contributed by atoms with Crippen LogP contribution in [0, 0.1) is 11.8 Å². The average molecular weight is 368 g/mol. The Morgan fingerprint density at radius 3 is 2.44 bits per heavy atom. The van der Waals surface area contributed by atoms with Crippen molar-refractivity contribution in [2.45, 2.75) is 39.2 Å². The highest BCUT2D eigenvalue weighted by atomic mass is 16.6. The van der Waals surface area contributed by atoms with E-state index in [1.54, 1.807) is 6.08 Å². The fraction of sp³-hybridized carbons (Fsp3) is 0.391. The fourth-order valence-electron chi connectivity index (χ4n) is 2.93. The molecule has 2 rings (SSSR count). The van der Waals surface area contributed by atoms with Gasteiger partial charge in [-0.05, 0) is 42.7 Å². The molecule has 0 fully saturated rings. The Morgan fingerprint density at radius 2 is 1.81 bits per heavy atom. The molecule has 4 heteroatoms. The first-order valence-electron chi connectivity index (χ1n) is 9.43. The number of hydrogen-bond donors (Lipinski definition) is 0. The van der Waals surface area contributed by atoms with Gasteiger partial charge in [-0.25, -0.2) is 0 Å². The third-order valence-electron chi connectivity index (χ3n) is 4.45. The molecule has 0 saturated heterocycles. The number of ether oxygens (including phenoxy) is 2. The normalized spacial score (nSPS) is 15.4. The van der Waals surface area contributed by atoms with Crippen molar-refractivity contribution < 1.29 is 19.1 Å². The van der Waals surface area contributed by atoms with E-state index in [0.29, 0.717) is 6.42 Å². The summed E-state index contributed by atoms with van der Waals surface area (Å²) in [6.45, 7) is 6.04. The maximum Gasteiger partial charge on any atom is 0.320 e.